The van der Waals surface area contributed by atoms with Crippen molar-refractivity contribution in [3.8, 4) is 0 Å². The Morgan fingerprint density at radius 3 is 2.68 bits per heavy atom. The van der Waals surface area contributed by atoms with E-state index in [-0.39, 0.29) is 11.2 Å². The highest BCUT2D eigenvalue weighted by molar-refractivity contribution is 8.00. The van der Waals surface area contributed by atoms with E-state index < -0.39 is 0 Å². The maximum atomic E-state index is 11.1. The molecule has 1 aromatic carbocycles. The van der Waals surface area contributed by atoms with Crippen LogP contribution < -0.4 is 5.73 Å². The third-order valence-electron chi connectivity index (χ3n) is 2.77. The Balaban J connectivity index is 2.20. The van der Waals surface area contributed by atoms with Gasteiger partial charge in [-0.3, -0.25) is 4.79 Å². The van der Waals surface area contributed by atoms with Gasteiger partial charge in [0.2, 0.25) is 5.91 Å². The number of thioether (sulfide) groups is 1. The van der Waals surface area contributed by atoms with E-state index in [9.17, 15) is 4.79 Å². The van der Waals surface area contributed by atoms with E-state index in [2.05, 4.69) is 10.2 Å². The van der Waals surface area contributed by atoms with Gasteiger partial charge in [-0.1, -0.05) is 42.1 Å². The third-order valence-corrected chi connectivity index (χ3v) is 3.87. The summed E-state index contributed by atoms with van der Waals surface area (Å²) in [5, 5.41) is 8.56. The van der Waals surface area contributed by atoms with Gasteiger partial charge in [0.25, 0.3) is 0 Å². The van der Waals surface area contributed by atoms with Crippen molar-refractivity contribution in [1.29, 1.82) is 0 Å². The van der Waals surface area contributed by atoms with Crippen molar-refractivity contribution in [2.24, 2.45) is 5.73 Å². The lowest BCUT2D eigenvalue weighted by Gasteiger charge is -2.10. The number of rotatable bonds is 5. The quantitative estimate of drug-likeness (QED) is 0.842. The average molecular weight is 276 g/mol. The van der Waals surface area contributed by atoms with Crippen LogP contribution in [0.4, 0.5) is 0 Å². The molecule has 0 saturated carbocycles. The third kappa shape index (κ3) is 3.35. The molecule has 100 valence electrons. The van der Waals surface area contributed by atoms with E-state index in [4.69, 9.17) is 5.73 Å². The lowest BCUT2D eigenvalue weighted by Crippen LogP contribution is -2.23. The van der Waals surface area contributed by atoms with E-state index in [0.29, 0.717) is 11.7 Å². The van der Waals surface area contributed by atoms with Crippen molar-refractivity contribution in [3.63, 3.8) is 0 Å². The summed E-state index contributed by atoms with van der Waals surface area (Å²) in [4.78, 5) is 11.1. The summed E-state index contributed by atoms with van der Waals surface area (Å²) >= 11 is 1.33. The van der Waals surface area contributed by atoms with Gasteiger partial charge in [0.15, 0.2) is 5.16 Å². The van der Waals surface area contributed by atoms with Gasteiger partial charge in [-0.05, 0) is 19.4 Å². The predicted octanol–water partition coefficient (Wildman–Crippen LogP) is 1.60. The van der Waals surface area contributed by atoms with Crippen molar-refractivity contribution in [1.82, 2.24) is 14.8 Å². The molecule has 1 atom stereocenters. The zero-order chi connectivity index (χ0) is 13.8. The van der Waals surface area contributed by atoms with Gasteiger partial charge in [-0.25, -0.2) is 0 Å². The van der Waals surface area contributed by atoms with Crippen LogP contribution in [0.25, 0.3) is 0 Å². The first-order chi connectivity index (χ1) is 9.08. The number of benzene rings is 1. The van der Waals surface area contributed by atoms with Gasteiger partial charge in [0.1, 0.15) is 5.82 Å². The van der Waals surface area contributed by atoms with E-state index in [0.717, 1.165) is 5.82 Å². The van der Waals surface area contributed by atoms with Crippen LogP contribution in [-0.4, -0.2) is 25.9 Å². The van der Waals surface area contributed by atoms with Crippen LogP contribution in [0.3, 0.4) is 0 Å². The molecule has 0 bridgehead atoms. The van der Waals surface area contributed by atoms with Crippen LogP contribution in [0.15, 0.2) is 35.5 Å². The number of nitrogens with zero attached hydrogens (tertiary/aromatic N) is 3. The van der Waals surface area contributed by atoms with E-state index in [1.807, 2.05) is 41.8 Å². The SMILES string of the molecule is Cc1nnc(S[C@@H](C)C(N)=O)n1Cc1ccccc1. The number of hydrogen-bond acceptors (Lipinski definition) is 4. The van der Waals surface area contributed by atoms with Crippen LogP contribution >= 0.6 is 11.8 Å². The predicted molar refractivity (Wildman–Crippen MR) is 74.8 cm³/mol. The van der Waals surface area contributed by atoms with Crippen molar-refractivity contribution in [3.05, 3.63) is 41.7 Å². The molecule has 6 heteroatoms. The molecule has 0 aliphatic carbocycles. The van der Waals surface area contributed by atoms with Gasteiger partial charge in [0, 0.05) is 0 Å². The summed E-state index contributed by atoms with van der Waals surface area (Å²) in [5.41, 5.74) is 6.44. The average Bonchev–Trinajstić information content (AvgIpc) is 2.72. The van der Waals surface area contributed by atoms with E-state index >= 15 is 0 Å². The second kappa shape index (κ2) is 5.88. The molecule has 1 amide bonds. The maximum Gasteiger partial charge on any atom is 0.230 e. The second-order valence-corrected chi connectivity index (χ2v) is 5.57. The topological polar surface area (TPSA) is 73.8 Å². The highest BCUT2D eigenvalue weighted by Gasteiger charge is 2.16. The van der Waals surface area contributed by atoms with Gasteiger partial charge in [-0.2, -0.15) is 0 Å². The molecule has 19 heavy (non-hydrogen) atoms. The normalized spacial score (nSPS) is 12.3. The summed E-state index contributed by atoms with van der Waals surface area (Å²) in [6.45, 7) is 4.35. The minimum Gasteiger partial charge on any atom is -0.369 e. The summed E-state index contributed by atoms with van der Waals surface area (Å²) in [6, 6.07) is 10.1. The number of hydrogen-bond donors (Lipinski definition) is 1. The van der Waals surface area contributed by atoms with Crippen LogP contribution in [0.2, 0.25) is 0 Å². The number of carbonyl (C=O) groups excluding carboxylic acids is 1. The molecule has 0 saturated heterocycles. The number of primary amides is 1. The van der Waals surface area contributed by atoms with Gasteiger partial charge < -0.3 is 10.3 Å². The molecule has 0 unspecified atom stereocenters. The molecule has 2 N–H and O–H groups in total. The zero-order valence-electron chi connectivity index (χ0n) is 10.9. The summed E-state index contributed by atoms with van der Waals surface area (Å²) < 4.78 is 1.99. The van der Waals surface area contributed by atoms with Crippen molar-refractivity contribution in [2.75, 3.05) is 0 Å². The molecule has 2 aromatic rings. The Morgan fingerprint density at radius 2 is 2.05 bits per heavy atom. The Bertz CT molecular complexity index is 567. The molecule has 0 aliphatic rings. The number of aromatic nitrogens is 3. The van der Waals surface area contributed by atoms with Crippen molar-refractivity contribution < 1.29 is 4.79 Å². The Hall–Kier alpha value is -1.82. The standard InChI is InChI=1S/C13H16N4OS/c1-9(12(14)18)19-13-16-15-10(2)17(13)8-11-6-4-3-5-7-11/h3-7,9H,8H2,1-2H3,(H2,14,18)/t9-/m0/s1. The molecule has 0 aliphatic heterocycles. The molecule has 1 heterocycles. The van der Waals surface area contributed by atoms with Crippen molar-refractivity contribution >= 4 is 17.7 Å². The summed E-state index contributed by atoms with van der Waals surface area (Å²) in [5.74, 6) is 0.472. The first kappa shape index (κ1) is 13.6. The molecular formula is C13H16N4OS. The lowest BCUT2D eigenvalue weighted by atomic mass is 10.2. The second-order valence-electron chi connectivity index (χ2n) is 4.26. The number of aryl methyl sites for hydroxylation is 1. The fourth-order valence-corrected chi connectivity index (χ4v) is 2.46. The molecule has 0 fully saturated rings. The number of amides is 1. The summed E-state index contributed by atoms with van der Waals surface area (Å²) in [6.07, 6.45) is 0. The largest absolute Gasteiger partial charge is 0.369 e. The van der Waals surface area contributed by atoms with Crippen molar-refractivity contribution in [2.45, 2.75) is 30.8 Å². The number of carbonyl (C=O) groups is 1. The van der Waals surface area contributed by atoms with Gasteiger partial charge in [0.05, 0.1) is 11.8 Å². The lowest BCUT2D eigenvalue weighted by molar-refractivity contribution is -0.117. The molecule has 5 nitrogen and oxygen atoms in total. The molecule has 0 radical (unpaired) electrons. The van der Waals surface area contributed by atoms with Gasteiger partial charge in [-0.15, -0.1) is 10.2 Å². The fraction of sp³-hybridized carbons (Fsp3) is 0.308. The summed E-state index contributed by atoms with van der Waals surface area (Å²) in [7, 11) is 0. The fourth-order valence-electron chi connectivity index (χ4n) is 1.61. The Kier molecular flexibility index (Phi) is 4.21. The first-order valence-corrected chi connectivity index (χ1v) is 6.85. The molecule has 1 aromatic heterocycles. The van der Waals surface area contributed by atoms with Crippen LogP contribution in [0, 0.1) is 6.92 Å². The minimum atomic E-state index is -0.350. The maximum absolute atomic E-state index is 11.1. The van der Waals surface area contributed by atoms with Crippen LogP contribution in [0.1, 0.15) is 18.3 Å². The first-order valence-electron chi connectivity index (χ1n) is 5.97. The number of nitrogens with two attached hydrogens (primary N) is 1. The Morgan fingerprint density at radius 1 is 1.37 bits per heavy atom. The molecule has 0 spiro atoms. The Labute approximate surface area is 116 Å². The van der Waals surface area contributed by atoms with E-state index in [1.54, 1.807) is 6.92 Å². The molecule has 2 rings (SSSR count). The van der Waals surface area contributed by atoms with Gasteiger partial charge >= 0.3 is 0 Å². The smallest absolute Gasteiger partial charge is 0.230 e. The molecular weight excluding hydrogens is 260 g/mol. The minimum absolute atomic E-state index is 0.321. The monoisotopic (exact) mass is 276 g/mol. The highest BCUT2D eigenvalue weighted by Crippen LogP contribution is 2.22. The van der Waals surface area contributed by atoms with E-state index in [1.165, 1.54) is 17.3 Å². The highest BCUT2D eigenvalue weighted by atomic mass is 32.2. The van der Waals surface area contributed by atoms with Crippen LogP contribution in [-0.2, 0) is 11.3 Å². The van der Waals surface area contributed by atoms with Crippen LogP contribution in [0.5, 0.6) is 0 Å². The zero-order valence-corrected chi connectivity index (χ0v) is 11.7.